The van der Waals surface area contributed by atoms with E-state index in [1.807, 2.05) is 12.1 Å². The van der Waals surface area contributed by atoms with E-state index in [0.29, 0.717) is 25.0 Å². The molecule has 0 aliphatic carbocycles. The van der Waals surface area contributed by atoms with Crippen LogP contribution >= 0.6 is 0 Å². The van der Waals surface area contributed by atoms with Crippen LogP contribution in [-0.2, 0) is 14.3 Å². The molecule has 4 rings (SSSR count). The van der Waals surface area contributed by atoms with E-state index in [9.17, 15) is 4.79 Å². The van der Waals surface area contributed by atoms with Gasteiger partial charge < -0.3 is 9.47 Å². The van der Waals surface area contributed by atoms with Gasteiger partial charge in [-0.1, -0.05) is 60.7 Å². The number of hydrogen-bond donors (Lipinski definition) is 0. The summed E-state index contributed by atoms with van der Waals surface area (Å²) in [6.45, 7) is 1.25. The maximum absolute atomic E-state index is 12.8. The number of rotatable bonds is 4. The van der Waals surface area contributed by atoms with Crippen LogP contribution in [0.15, 0.2) is 60.7 Å². The second kappa shape index (κ2) is 8.15. The second-order valence-electron chi connectivity index (χ2n) is 7.42. The number of benzene rings is 2. The summed E-state index contributed by atoms with van der Waals surface area (Å²) in [5.74, 6) is 0.938. The highest BCUT2D eigenvalue weighted by atomic mass is 16.5. The van der Waals surface area contributed by atoms with E-state index in [2.05, 4.69) is 48.5 Å². The van der Waals surface area contributed by atoms with Crippen molar-refractivity contribution in [3.8, 4) is 0 Å². The molecule has 136 valence electrons. The predicted octanol–water partition coefficient (Wildman–Crippen LogP) is 4.48. The van der Waals surface area contributed by atoms with Gasteiger partial charge in [-0.3, -0.25) is 4.79 Å². The van der Waals surface area contributed by atoms with Gasteiger partial charge in [0, 0.05) is 11.8 Å². The van der Waals surface area contributed by atoms with Crippen molar-refractivity contribution < 1.29 is 14.3 Å². The van der Waals surface area contributed by atoms with Crippen molar-refractivity contribution in [3.05, 3.63) is 71.8 Å². The lowest BCUT2D eigenvalue weighted by atomic mass is 9.87. The first-order valence-electron chi connectivity index (χ1n) is 9.68. The summed E-state index contributed by atoms with van der Waals surface area (Å²) in [4.78, 5) is 12.8. The first-order valence-corrected chi connectivity index (χ1v) is 9.68. The third-order valence-corrected chi connectivity index (χ3v) is 5.73. The summed E-state index contributed by atoms with van der Waals surface area (Å²) < 4.78 is 11.9. The third kappa shape index (κ3) is 3.89. The topological polar surface area (TPSA) is 35.5 Å². The Kier molecular flexibility index (Phi) is 5.47. The summed E-state index contributed by atoms with van der Waals surface area (Å²) in [5, 5.41) is 0. The summed E-state index contributed by atoms with van der Waals surface area (Å²) in [7, 11) is 0. The summed E-state index contributed by atoms with van der Waals surface area (Å²) in [6, 6.07) is 20.9. The van der Waals surface area contributed by atoms with Gasteiger partial charge >= 0.3 is 0 Å². The molecule has 3 heteroatoms. The molecule has 2 saturated heterocycles. The summed E-state index contributed by atoms with van der Waals surface area (Å²) >= 11 is 0. The van der Waals surface area contributed by atoms with Crippen LogP contribution in [0.2, 0.25) is 0 Å². The zero-order valence-corrected chi connectivity index (χ0v) is 15.1. The Balaban J connectivity index is 1.28. The van der Waals surface area contributed by atoms with Gasteiger partial charge in [0.15, 0.2) is 5.78 Å². The average Bonchev–Trinajstić information content (AvgIpc) is 2.75. The first-order chi connectivity index (χ1) is 12.8. The fourth-order valence-corrected chi connectivity index (χ4v) is 4.14. The molecule has 0 spiro atoms. The van der Waals surface area contributed by atoms with Crippen LogP contribution in [0.5, 0.6) is 0 Å². The molecule has 2 aromatic rings. The number of Topliss-reactive ketones (excluding diaryl/α,β-unsaturated/α-hetero) is 1. The van der Waals surface area contributed by atoms with Crippen molar-refractivity contribution in [1.82, 2.24) is 0 Å². The van der Waals surface area contributed by atoms with Gasteiger partial charge in [-0.15, -0.1) is 0 Å². The number of carbonyl (C=O) groups is 1. The molecule has 4 atom stereocenters. The van der Waals surface area contributed by atoms with E-state index >= 15 is 0 Å². The van der Waals surface area contributed by atoms with Gasteiger partial charge in [0.2, 0.25) is 0 Å². The molecule has 2 unspecified atom stereocenters. The molecule has 0 N–H and O–H groups in total. The Bertz CT molecular complexity index is 635. The van der Waals surface area contributed by atoms with Gasteiger partial charge in [-0.25, -0.2) is 0 Å². The van der Waals surface area contributed by atoms with Crippen molar-refractivity contribution in [3.63, 3.8) is 0 Å². The zero-order valence-electron chi connectivity index (χ0n) is 15.1. The van der Waals surface area contributed by atoms with Crippen molar-refractivity contribution in [1.29, 1.82) is 0 Å². The lowest BCUT2D eigenvalue weighted by molar-refractivity contribution is -0.149. The number of ketones is 1. The van der Waals surface area contributed by atoms with Crippen LogP contribution in [0.4, 0.5) is 0 Å². The highest BCUT2D eigenvalue weighted by Crippen LogP contribution is 2.32. The molecule has 2 aromatic carbocycles. The predicted molar refractivity (Wildman–Crippen MR) is 101 cm³/mol. The lowest BCUT2D eigenvalue weighted by Gasteiger charge is -2.33. The van der Waals surface area contributed by atoms with E-state index in [0.717, 1.165) is 25.7 Å². The Morgan fingerprint density at radius 2 is 1.08 bits per heavy atom. The van der Waals surface area contributed by atoms with Crippen molar-refractivity contribution in [2.45, 2.75) is 49.7 Å². The van der Waals surface area contributed by atoms with Crippen LogP contribution in [0, 0.1) is 0 Å². The minimum Gasteiger partial charge on any atom is -0.370 e. The van der Waals surface area contributed by atoms with Gasteiger partial charge in [-0.05, 0) is 36.8 Å². The minimum atomic E-state index is -0.298. The van der Waals surface area contributed by atoms with Crippen LogP contribution in [0.25, 0.3) is 0 Å². The molecule has 0 aromatic heterocycles. The number of carbonyl (C=O) groups excluding carboxylic acids is 1. The molecule has 2 aliphatic heterocycles. The van der Waals surface area contributed by atoms with Crippen molar-refractivity contribution in [2.24, 2.45) is 0 Å². The van der Waals surface area contributed by atoms with E-state index in [1.165, 1.54) is 11.1 Å². The normalized spacial score (nSPS) is 29.2. The SMILES string of the molecule is O=C(C1CC[C@H](c2ccccc2)CO1)C1CC[C@H](c2ccccc2)CO1. The van der Waals surface area contributed by atoms with Gasteiger partial charge in [0.25, 0.3) is 0 Å². The van der Waals surface area contributed by atoms with E-state index in [-0.39, 0.29) is 18.0 Å². The van der Waals surface area contributed by atoms with Crippen molar-refractivity contribution >= 4 is 5.78 Å². The second-order valence-corrected chi connectivity index (χ2v) is 7.42. The highest BCUT2D eigenvalue weighted by Gasteiger charge is 2.35. The largest absolute Gasteiger partial charge is 0.370 e. The van der Waals surface area contributed by atoms with E-state index in [1.54, 1.807) is 0 Å². The maximum atomic E-state index is 12.8. The Morgan fingerprint density at radius 1 is 0.654 bits per heavy atom. The maximum Gasteiger partial charge on any atom is 0.190 e. The molecule has 2 fully saturated rings. The molecule has 0 bridgehead atoms. The van der Waals surface area contributed by atoms with E-state index < -0.39 is 0 Å². The van der Waals surface area contributed by atoms with Gasteiger partial charge in [0.1, 0.15) is 12.2 Å². The smallest absolute Gasteiger partial charge is 0.190 e. The monoisotopic (exact) mass is 350 g/mol. The molecule has 0 saturated carbocycles. The first kappa shape index (κ1) is 17.4. The lowest BCUT2D eigenvalue weighted by Crippen LogP contribution is -2.41. The Labute approximate surface area is 155 Å². The van der Waals surface area contributed by atoms with Crippen LogP contribution in [0.3, 0.4) is 0 Å². The Morgan fingerprint density at radius 3 is 1.42 bits per heavy atom. The third-order valence-electron chi connectivity index (χ3n) is 5.73. The number of ether oxygens (including phenoxy) is 2. The molecule has 3 nitrogen and oxygen atoms in total. The quantitative estimate of drug-likeness (QED) is 0.815. The average molecular weight is 350 g/mol. The number of hydrogen-bond acceptors (Lipinski definition) is 3. The summed E-state index contributed by atoms with van der Waals surface area (Å²) in [5.41, 5.74) is 2.61. The molecule has 26 heavy (non-hydrogen) atoms. The molecule has 2 aliphatic rings. The van der Waals surface area contributed by atoms with Crippen LogP contribution in [-0.4, -0.2) is 31.2 Å². The highest BCUT2D eigenvalue weighted by molar-refractivity contribution is 5.87. The molecular formula is C23H26O3. The fraction of sp³-hybridized carbons (Fsp3) is 0.435. The summed E-state index contributed by atoms with van der Waals surface area (Å²) in [6.07, 6.45) is 2.99. The van der Waals surface area contributed by atoms with E-state index in [4.69, 9.17) is 9.47 Å². The van der Waals surface area contributed by atoms with Crippen molar-refractivity contribution in [2.75, 3.05) is 13.2 Å². The molecule has 0 amide bonds. The van der Waals surface area contributed by atoms with Gasteiger partial charge in [0.05, 0.1) is 13.2 Å². The van der Waals surface area contributed by atoms with Crippen LogP contribution in [0.1, 0.15) is 48.6 Å². The fourth-order valence-electron chi connectivity index (χ4n) is 4.14. The standard InChI is InChI=1S/C23H26O3/c24-23(21-13-11-19(15-25-21)17-7-3-1-4-8-17)22-14-12-20(16-26-22)18-9-5-2-6-10-18/h1-10,19-22H,11-16H2/t19-,20-,21?,22?/m0/s1. The molecule has 0 radical (unpaired) electrons. The zero-order chi connectivity index (χ0) is 17.8. The molecule has 2 heterocycles. The minimum absolute atomic E-state index is 0.142. The van der Waals surface area contributed by atoms with Gasteiger partial charge in [-0.2, -0.15) is 0 Å². The van der Waals surface area contributed by atoms with Crippen LogP contribution < -0.4 is 0 Å². The molecular weight excluding hydrogens is 324 g/mol. The Hall–Kier alpha value is -1.97.